The zero-order valence-corrected chi connectivity index (χ0v) is 20.2. The highest BCUT2D eigenvalue weighted by Gasteiger charge is 2.52. The van der Waals surface area contributed by atoms with E-state index in [4.69, 9.17) is 9.47 Å². The van der Waals surface area contributed by atoms with Crippen molar-refractivity contribution in [1.29, 1.82) is 0 Å². The van der Waals surface area contributed by atoms with E-state index in [-0.39, 0.29) is 29.3 Å². The van der Waals surface area contributed by atoms with Crippen molar-refractivity contribution in [3.63, 3.8) is 0 Å². The molecule has 1 heterocycles. The highest BCUT2D eigenvalue weighted by atomic mass is 19.1. The van der Waals surface area contributed by atoms with Crippen molar-refractivity contribution < 1.29 is 23.5 Å². The Kier molecular flexibility index (Phi) is 7.91. The molecule has 2 amide bonds. The maximum atomic E-state index is 13.1. The Morgan fingerprint density at radius 1 is 1.09 bits per heavy atom. The first-order valence-corrected chi connectivity index (χ1v) is 12.7. The lowest BCUT2D eigenvalue weighted by Gasteiger charge is -2.52. The van der Waals surface area contributed by atoms with Gasteiger partial charge in [-0.1, -0.05) is 19.1 Å². The summed E-state index contributed by atoms with van der Waals surface area (Å²) < 4.78 is 23.8. The summed E-state index contributed by atoms with van der Waals surface area (Å²) in [4.78, 5) is 27.2. The van der Waals surface area contributed by atoms with Crippen LogP contribution in [0.4, 0.5) is 4.39 Å². The molecule has 1 saturated heterocycles. The van der Waals surface area contributed by atoms with Crippen LogP contribution in [-0.2, 0) is 19.7 Å². The average Bonchev–Trinajstić information content (AvgIpc) is 2.91. The molecule has 2 bridgehead atoms. The van der Waals surface area contributed by atoms with Crippen molar-refractivity contribution in [3.05, 3.63) is 41.7 Å². The molecule has 3 saturated carbocycles. The van der Waals surface area contributed by atoms with Gasteiger partial charge in [0.25, 0.3) is 0 Å². The molecular formula is C27H37FN2O4. The molecule has 4 aliphatic rings. The summed E-state index contributed by atoms with van der Waals surface area (Å²) in [5.41, 5.74) is 1.78. The molecule has 0 atom stereocenters. The third-order valence-electron chi connectivity index (χ3n) is 8.22. The fourth-order valence-corrected chi connectivity index (χ4v) is 5.69. The molecule has 4 fully saturated rings. The van der Waals surface area contributed by atoms with Crippen LogP contribution >= 0.6 is 0 Å². The second-order valence-corrected chi connectivity index (χ2v) is 9.99. The topological polar surface area (TPSA) is 67.9 Å². The monoisotopic (exact) mass is 472 g/mol. The van der Waals surface area contributed by atoms with E-state index in [2.05, 4.69) is 17.4 Å². The van der Waals surface area contributed by atoms with Crippen molar-refractivity contribution in [2.45, 2.75) is 63.7 Å². The Morgan fingerprint density at radius 2 is 1.74 bits per heavy atom. The quantitative estimate of drug-likeness (QED) is 0.582. The number of benzene rings is 1. The maximum Gasteiger partial charge on any atom is 0.226 e. The molecule has 1 aromatic rings. The van der Waals surface area contributed by atoms with Crippen LogP contribution in [0, 0.1) is 5.41 Å². The number of morpholine rings is 1. The smallest absolute Gasteiger partial charge is 0.226 e. The van der Waals surface area contributed by atoms with Crippen LogP contribution in [0.2, 0.25) is 0 Å². The Bertz CT molecular complexity index is 868. The van der Waals surface area contributed by atoms with E-state index >= 15 is 0 Å². The summed E-state index contributed by atoms with van der Waals surface area (Å²) in [5, 5.41) is 3.07. The number of hydrogen-bond donors (Lipinski definition) is 1. The van der Waals surface area contributed by atoms with E-state index in [0.717, 1.165) is 44.3 Å². The summed E-state index contributed by atoms with van der Waals surface area (Å²) in [6, 6.07) is 8.22. The van der Waals surface area contributed by atoms with E-state index in [9.17, 15) is 14.0 Å². The summed E-state index contributed by atoms with van der Waals surface area (Å²) >= 11 is 0. The van der Waals surface area contributed by atoms with Crippen molar-refractivity contribution in [2.24, 2.45) is 5.41 Å². The van der Waals surface area contributed by atoms with Gasteiger partial charge >= 0.3 is 0 Å². The van der Waals surface area contributed by atoms with E-state index in [1.165, 1.54) is 5.56 Å². The number of nitrogens with zero attached hydrogens (tertiary/aromatic N) is 1. The highest BCUT2D eigenvalue weighted by molar-refractivity contribution is 5.84. The van der Waals surface area contributed by atoms with Gasteiger partial charge in [-0.15, -0.1) is 0 Å². The predicted molar refractivity (Wildman–Crippen MR) is 128 cm³/mol. The highest BCUT2D eigenvalue weighted by Crippen LogP contribution is 2.57. The molecule has 0 unspecified atom stereocenters. The number of rotatable bonds is 9. The molecule has 0 radical (unpaired) electrons. The van der Waals surface area contributed by atoms with Crippen molar-refractivity contribution in [1.82, 2.24) is 10.2 Å². The van der Waals surface area contributed by atoms with Crippen molar-refractivity contribution in [2.75, 3.05) is 39.5 Å². The van der Waals surface area contributed by atoms with E-state index in [1.54, 1.807) is 0 Å². The van der Waals surface area contributed by atoms with Crippen LogP contribution in [0.1, 0.15) is 63.9 Å². The average molecular weight is 473 g/mol. The first kappa shape index (κ1) is 24.7. The van der Waals surface area contributed by atoms with Crippen molar-refractivity contribution >= 4 is 11.8 Å². The van der Waals surface area contributed by atoms with Crippen LogP contribution in [-0.4, -0.2) is 56.2 Å². The molecule has 186 valence electrons. The molecule has 5 rings (SSSR count). The van der Waals surface area contributed by atoms with Gasteiger partial charge in [-0.3, -0.25) is 9.59 Å². The largest absolute Gasteiger partial charge is 0.489 e. The lowest BCUT2D eigenvalue weighted by Crippen LogP contribution is -2.52. The van der Waals surface area contributed by atoms with Gasteiger partial charge in [0.05, 0.1) is 19.5 Å². The first-order valence-electron chi connectivity index (χ1n) is 12.7. The van der Waals surface area contributed by atoms with Crippen molar-refractivity contribution in [3.8, 4) is 5.75 Å². The lowest BCUT2D eigenvalue weighted by atomic mass is 9.51. The normalized spacial score (nSPS) is 26.9. The number of amides is 2. The number of hydrogen-bond acceptors (Lipinski definition) is 4. The molecule has 1 N–H and O–H groups in total. The SMILES string of the molecule is CCC(=CF)COc1ccc(C23CCC(C(=O)NCCC(=O)N4CCOCC4)(CC2)CC3)cc1. The van der Waals surface area contributed by atoms with E-state index in [1.807, 2.05) is 24.0 Å². The molecule has 6 nitrogen and oxygen atoms in total. The number of nitrogens with one attached hydrogen (secondary N) is 1. The Hall–Kier alpha value is -2.41. The van der Waals surface area contributed by atoms with Crippen LogP contribution in [0.3, 0.4) is 0 Å². The maximum absolute atomic E-state index is 13.1. The number of carbonyl (C=O) groups excluding carboxylic acids is 2. The molecular weight excluding hydrogens is 435 g/mol. The van der Waals surface area contributed by atoms with Gasteiger partial charge in [0.15, 0.2) is 0 Å². The summed E-state index contributed by atoms with van der Waals surface area (Å²) in [5.74, 6) is 0.957. The van der Waals surface area contributed by atoms with Gasteiger partial charge in [0, 0.05) is 31.5 Å². The van der Waals surface area contributed by atoms with Crippen LogP contribution in [0.5, 0.6) is 5.75 Å². The van der Waals surface area contributed by atoms with E-state index < -0.39 is 0 Å². The number of carbonyl (C=O) groups is 2. The first-order chi connectivity index (χ1) is 16.5. The molecule has 34 heavy (non-hydrogen) atoms. The molecule has 0 spiro atoms. The summed E-state index contributed by atoms with van der Waals surface area (Å²) in [7, 11) is 0. The minimum absolute atomic E-state index is 0.0893. The standard InChI is InChI=1S/C27H37FN2O4/c1-2-21(19-28)20-34-23-5-3-22(4-6-23)26-8-11-27(12-9-26,13-10-26)25(32)29-14-7-24(31)30-15-17-33-18-16-30/h3-6,19H,2,7-18,20H2,1H3,(H,29,32). The molecule has 0 aromatic heterocycles. The molecule has 3 aliphatic carbocycles. The van der Waals surface area contributed by atoms with Gasteiger partial charge < -0.3 is 19.7 Å². The molecule has 7 heteroatoms. The second kappa shape index (κ2) is 10.9. The predicted octanol–water partition coefficient (Wildman–Crippen LogP) is 4.29. The minimum Gasteiger partial charge on any atom is -0.489 e. The molecule has 1 aromatic carbocycles. The van der Waals surface area contributed by atoms with Gasteiger partial charge in [0.1, 0.15) is 12.4 Å². The van der Waals surface area contributed by atoms with Gasteiger partial charge in [0.2, 0.25) is 11.8 Å². The van der Waals surface area contributed by atoms with Gasteiger partial charge in [-0.2, -0.15) is 0 Å². The second-order valence-electron chi connectivity index (χ2n) is 9.99. The molecule has 1 aliphatic heterocycles. The fourth-order valence-electron chi connectivity index (χ4n) is 5.69. The fraction of sp³-hybridized carbons (Fsp3) is 0.630. The van der Waals surface area contributed by atoms with Crippen LogP contribution < -0.4 is 10.1 Å². The minimum atomic E-state index is -0.290. The Morgan fingerprint density at radius 3 is 2.32 bits per heavy atom. The Labute approximate surface area is 201 Å². The van der Waals surface area contributed by atoms with Crippen LogP contribution in [0.15, 0.2) is 36.2 Å². The zero-order chi connectivity index (χ0) is 24.0. The van der Waals surface area contributed by atoms with Gasteiger partial charge in [-0.25, -0.2) is 4.39 Å². The number of fused-ring (bicyclic) bond motifs is 3. The van der Waals surface area contributed by atoms with E-state index in [0.29, 0.717) is 57.6 Å². The third-order valence-corrected chi connectivity index (χ3v) is 8.22. The number of ether oxygens (including phenoxy) is 2. The lowest BCUT2D eigenvalue weighted by molar-refractivity contribution is -0.138. The number of halogens is 1. The summed E-state index contributed by atoms with van der Waals surface area (Å²) in [6.45, 7) is 5.05. The zero-order valence-electron chi connectivity index (χ0n) is 20.2. The summed E-state index contributed by atoms with van der Waals surface area (Å²) in [6.07, 6.45) is 7.26. The van der Waals surface area contributed by atoms with Crippen LogP contribution in [0.25, 0.3) is 0 Å². The third kappa shape index (κ3) is 5.29. The van der Waals surface area contributed by atoms with Gasteiger partial charge in [-0.05, 0) is 73.6 Å². The Balaban J connectivity index is 1.27.